The lowest BCUT2D eigenvalue weighted by Gasteiger charge is -2.17. The number of aliphatic imine (C=N–C) groups is 2. The smallest absolute Gasteiger partial charge is 0.335 e. The van der Waals surface area contributed by atoms with Gasteiger partial charge in [0, 0.05) is 0 Å². The molecule has 0 bridgehead atoms. The molecule has 0 radical (unpaired) electrons. The molecule has 1 aromatic rings. The molecule has 2 aliphatic carbocycles. The van der Waals surface area contributed by atoms with Gasteiger partial charge >= 0.3 is 5.97 Å². The van der Waals surface area contributed by atoms with Gasteiger partial charge in [-0.25, -0.2) is 14.8 Å². The Labute approximate surface area is 188 Å². The molecule has 2 fully saturated rings. The van der Waals surface area contributed by atoms with E-state index in [4.69, 9.17) is 9.84 Å². The highest BCUT2D eigenvalue weighted by molar-refractivity contribution is 5.87. The van der Waals surface area contributed by atoms with Crippen LogP contribution in [0.2, 0.25) is 0 Å². The molecule has 1 aromatic carbocycles. The van der Waals surface area contributed by atoms with Crippen LogP contribution in [0, 0.1) is 0 Å². The third-order valence-corrected chi connectivity index (χ3v) is 6.00. The number of unbranched alkanes of at least 4 members (excludes halogenated alkanes) is 3. The van der Waals surface area contributed by atoms with Crippen LogP contribution in [-0.2, 0) is 0 Å². The van der Waals surface area contributed by atoms with Crippen molar-refractivity contribution in [2.24, 2.45) is 9.98 Å². The Hall–Kier alpha value is -2.13. The summed E-state index contributed by atoms with van der Waals surface area (Å²) in [6.45, 7) is 2.87. The maximum Gasteiger partial charge on any atom is 0.335 e. The average Bonchev–Trinajstić information content (AvgIpc) is 2.81. The molecular formula is C26H40N2O3. The molecule has 0 saturated heterocycles. The first-order valence-corrected chi connectivity index (χ1v) is 12.3. The van der Waals surface area contributed by atoms with E-state index < -0.39 is 5.97 Å². The minimum atomic E-state index is -0.908. The molecule has 0 aliphatic heterocycles. The van der Waals surface area contributed by atoms with Crippen molar-refractivity contribution in [2.75, 3.05) is 6.61 Å². The number of carboxylic acids is 1. The van der Waals surface area contributed by atoms with E-state index >= 15 is 0 Å². The molecule has 2 aliphatic rings. The summed E-state index contributed by atoms with van der Waals surface area (Å²) in [7, 11) is 0. The highest BCUT2D eigenvalue weighted by atomic mass is 16.5. The molecule has 0 amide bonds. The molecule has 5 nitrogen and oxygen atoms in total. The van der Waals surface area contributed by atoms with Crippen LogP contribution in [0.25, 0.3) is 0 Å². The fourth-order valence-corrected chi connectivity index (χ4v) is 4.03. The van der Waals surface area contributed by atoms with Crippen LogP contribution in [0.4, 0.5) is 0 Å². The van der Waals surface area contributed by atoms with Gasteiger partial charge in [-0.3, -0.25) is 0 Å². The molecule has 1 N–H and O–H groups in total. The van der Waals surface area contributed by atoms with Crippen molar-refractivity contribution in [1.82, 2.24) is 0 Å². The van der Waals surface area contributed by atoms with E-state index in [1.165, 1.54) is 83.5 Å². The molecule has 0 atom stereocenters. The fourth-order valence-electron chi connectivity index (χ4n) is 4.03. The summed E-state index contributed by atoms with van der Waals surface area (Å²) in [5.41, 5.74) is 0.290. The highest BCUT2D eigenvalue weighted by Crippen LogP contribution is 2.21. The molecule has 5 heteroatoms. The normalized spacial score (nSPS) is 17.1. The quantitative estimate of drug-likeness (QED) is 0.335. The number of aromatic carboxylic acids is 1. The van der Waals surface area contributed by atoms with Gasteiger partial charge in [-0.05, 0) is 56.4 Å². The summed E-state index contributed by atoms with van der Waals surface area (Å²) in [5, 5.41) is 8.71. The Balaban J connectivity index is 0.000000220. The number of carbonyl (C=O) groups is 1. The van der Waals surface area contributed by atoms with Crippen molar-refractivity contribution in [3.8, 4) is 5.75 Å². The van der Waals surface area contributed by atoms with Gasteiger partial charge in [0.15, 0.2) is 0 Å². The minimum Gasteiger partial charge on any atom is -0.494 e. The molecule has 0 heterocycles. The first kappa shape index (κ1) is 25.1. The van der Waals surface area contributed by atoms with Crippen LogP contribution >= 0.6 is 0 Å². The van der Waals surface area contributed by atoms with Crippen molar-refractivity contribution < 1.29 is 14.6 Å². The van der Waals surface area contributed by atoms with Crippen LogP contribution in [0.15, 0.2) is 34.3 Å². The molecule has 2 saturated carbocycles. The van der Waals surface area contributed by atoms with E-state index in [2.05, 4.69) is 22.9 Å². The van der Waals surface area contributed by atoms with Crippen LogP contribution in [0.3, 0.4) is 0 Å². The lowest BCUT2D eigenvalue weighted by atomic mass is 9.96. The predicted octanol–water partition coefficient (Wildman–Crippen LogP) is 7.17. The molecule has 31 heavy (non-hydrogen) atoms. The number of ether oxygens (including phenoxy) is 1. The number of benzene rings is 1. The van der Waals surface area contributed by atoms with Crippen LogP contribution in [0.5, 0.6) is 5.75 Å². The summed E-state index contributed by atoms with van der Waals surface area (Å²) in [4.78, 5) is 19.5. The van der Waals surface area contributed by atoms with Gasteiger partial charge in [-0.15, -0.1) is 0 Å². The van der Waals surface area contributed by atoms with Gasteiger partial charge in [0.1, 0.15) is 5.75 Å². The molecular weight excluding hydrogens is 388 g/mol. The predicted molar refractivity (Wildman–Crippen MR) is 127 cm³/mol. The van der Waals surface area contributed by atoms with Gasteiger partial charge in [0.25, 0.3) is 0 Å². The minimum absolute atomic E-state index is 0.290. The van der Waals surface area contributed by atoms with Crippen molar-refractivity contribution in [1.29, 1.82) is 0 Å². The summed E-state index contributed by atoms with van der Waals surface area (Å²) >= 11 is 0. The third-order valence-electron chi connectivity index (χ3n) is 6.00. The molecule has 3 rings (SSSR count). The fraction of sp³-hybridized carbons (Fsp3) is 0.692. The number of hydrogen-bond donors (Lipinski definition) is 1. The maximum atomic E-state index is 10.6. The van der Waals surface area contributed by atoms with Gasteiger partial charge in [-0.2, -0.15) is 0 Å². The second-order valence-electron chi connectivity index (χ2n) is 8.68. The summed E-state index contributed by atoms with van der Waals surface area (Å²) < 4.78 is 5.49. The van der Waals surface area contributed by atoms with Crippen LogP contribution in [-0.4, -0.2) is 35.8 Å². The molecule has 0 spiro atoms. The standard InChI is InChI=1S/C13H22N2.C13H18O3/c1-3-7-12(8-4-1)14-11-15-13-9-5-2-6-10-13;1-2-3-4-5-10-16-12-8-6-11(7-9-12)13(14)15/h12-13H,1-10H2;6-9H,2-5,10H2,1H3,(H,14,15). The Kier molecular flexibility index (Phi) is 12.7. The Morgan fingerprint density at radius 2 is 1.45 bits per heavy atom. The SMILES string of the molecule is C(=NC1CCCCC1)=NC1CCCCC1.CCCCCCOc1ccc(C(=O)O)cc1. The second kappa shape index (κ2) is 15.6. The van der Waals surface area contributed by atoms with Gasteiger partial charge in [-0.1, -0.05) is 64.7 Å². The van der Waals surface area contributed by atoms with E-state index in [0.29, 0.717) is 24.3 Å². The third kappa shape index (κ3) is 11.2. The topological polar surface area (TPSA) is 71.2 Å². The highest BCUT2D eigenvalue weighted by Gasteiger charge is 2.12. The first-order valence-electron chi connectivity index (χ1n) is 12.3. The Bertz CT molecular complexity index is 646. The largest absolute Gasteiger partial charge is 0.494 e. The summed E-state index contributed by atoms with van der Waals surface area (Å²) in [5.74, 6) is -0.170. The van der Waals surface area contributed by atoms with Crippen molar-refractivity contribution in [3.05, 3.63) is 29.8 Å². The number of carboxylic acid groups (broad SMARTS) is 1. The zero-order valence-electron chi connectivity index (χ0n) is 19.2. The van der Waals surface area contributed by atoms with E-state index in [1.54, 1.807) is 24.3 Å². The first-order chi connectivity index (χ1) is 15.2. The number of hydrogen-bond acceptors (Lipinski definition) is 4. The van der Waals surface area contributed by atoms with Gasteiger partial charge < -0.3 is 9.84 Å². The van der Waals surface area contributed by atoms with Crippen LogP contribution < -0.4 is 4.74 Å². The lowest BCUT2D eigenvalue weighted by molar-refractivity contribution is 0.0697. The average molecular weight is 429 g/mol. The van der Waals surface area contributed by atoms with Crippen molar-refractivity contribution >= 4 is 12.0 Å². The Morgan fingerprint density at radius 1 is 0.903 bits per heavy atom. The summed E-state index contributed by atoms with van der Waals surface area (Å²) in [6.07, 6.45) is 17.9. The van der Waals surface area contributed by atoms with E-state index in [9.17, 15) is 4.79 Å². The molecule has 0 unspecified atom stereocenters. The molecule has 0 aromatic heterocycles. The van der Waals surface area contributed by atoms with Crippen LogP contribution in [0.1, 0.15) is 107 Å². The second-order valence-corrected chi connectivity index (χ2v) is 8.68. The maximum absolute atomic E-state index is 10.6. The number of nitrogens with zero attached hydrogens (tertiary/aromatic N) is 2. The van der Waals surface area contributed by atoms with E-state index in [0.717, 1.165) is 12.2 Å². The zero-order chi connectivity index (χ0) is 22.2. The van der Waals surface area contributed by atoms with Crippen molar-refractivity contribution in [2.45, 2.75) is 109 Å². The van der Waals surface area contributed by atoms with Gasteiger partial charge in [0.05, 0.1) is 30.3 Å². The van der Waals surface area contributed by atoms with E-state index in [1.807, 2.05) is 0 Å². The summed E-state index contributed by atoms with van der Waals surface area (Å²) in [6, 6.07) is 10.6. The monoisotopic (exact) mass is 428 g/mol. The van der Waals surface area contributed by atoms with E-state index in [-0.39, 0.29) is 0 Å². The van der Waals surface area contributed by atoms with Gasteiger partial charge in [0.2, 0.25) is 0 Å². The van der Waals surface area contributed by atoms with Crippen molar-refractivity contribution in [3.63, 3.8) is 0 Å². The number of rotatable bonds is 9. The lowest BCUT2D eigenvalue weighted by Crippen LogP contribution is -2.10. The Morgan fingerprint density at radius 3 is 1.94 bits per heavy atom. The zero-order valence-corrected chi connectivity index (χ0v) is 19.2. The molecule has 172 valence electrons.